The van der Waals surface area contributed by atoms with Crippen molar-refractivity contribution in [2.75, 3.05) is 0 Å². The number of hydrogen-bond acceptors (Lipinski definition) is 3. The van der Waals surface area contributed by atoms with E-state index >= 15 is 0 Å². The number of nitrogens with zero attached hydrogens (tertiary/aromatic N) is 2. The molecule has 0 N–H and O–H groups in total. The molecule has 3 nitrogen and oxygen atoms in total. The summed E-state index contributed by atoms with van der Waals surface area (Å²) in [5, 5.41) is 2.29. The molecule has 1 radical (unpaired) electrons. The molecule has 0 saturated carbocycles. The summed E-state index contributed by atoms with van der Waals surface area (Å²) in [5.41, 5.74) is 10.4. The second kappa shape index (κ2) is 11.0. The first-order valence-corrected chi connectivity index (χ1v) is 11.7. The van der Waals surface area contributed by atoms with Crippen molar-refractivity contribution in [2.45, 2.75) is 27.7 Å². The normalized spacial score (nSPS) is 10.6. The smallest absolute Gasteiger partial charge is 0.120 e. The molecule has 0 aliphatic rings. The van der Waals surface area contributed by atoms with Crippen molar-refractivity contribution in [3.05, 3.63) is 120 Å². The Balaban J connectivity index is 0.000000198. The molecule has 3 heterocycles. The van der Waals surface area contributed by atoms with Crippen LogP contribution in [0.4, 0.5) is 0 Å². The van der Waals surface area contributed by atoms with Crippen LogP contribution in [0.5, 0.6) is 0 Å². The quantitative estimate of drug-likeness (QED) is 0.178. The zero-order chi connectivity index (χ0) is 24.4. The fourth-order valence-corrected chi connectivity index (χ4v) is 4.08. The molecule has 0 atom stereocenters. The van der Waals surface area contributed by atoms with Gasteiger partial charge in [-0.05, 0) is 55.9 Å². The average molecular weight is 647 g/mol. The Morgan fingerprint density at radius 3 is 2.31 bits per heavy atom. The van der Waals surface area contributed by atoms with Gasteiger partial charge in [0.15, 0.2) is 0 Å². The van der Waals surface area contributed by atoms with Gasteiger partial charge in [-0.3, -0.25) is 0 Å². The molecule has 0 bridgehead atoms. The zero-order valence-electron chi connectivity index (χ0n) is 20.7. The van der Waals surface area contributed by atoms with Crippen molar-refractivity contribution >= 4 is 21.9 Å². The number of pyridine rings is 2. The molecule has 3 aromatic carbocycles. The predicted molar refractivity (Wildman–Crippen MR) is 143 cm³/mol. The number of hydrogen-bond donors (Lipinski definition) is 0. The first kappa shape index (κ1) is 25.5. The molecule has 3 aromatic heterocycles. The number of fused-ring (bicyclic) bond motifs is 3. The summed E-state index contributed by atoms with van der Waals surface area (Å²) in [6.07, 6.45) is 3.70. The van der Waals surface area contributed by atoms with Gasteiger partial charge in [0.1, 0.15) is 5.58 Å². The maximum atomic E-state index is 6.15. The van der Waals surface area contributed by atoms with Gasteiger partial charge in [0.25, 0.3) is 0 Å². The summed E-state index contributed by atoms with van der Waals surface area (Å²) in [5.74, 6) is 0. The van der Waals surface area contributed by atoms with E-state index in [0.29, 0.717) is 0 Å². The summed E-state index contributed by atoms with van der Waals surface area (Å²) in [4.78, 5) is 8.81. The van der Waals surface area contributed by atoms with Crippen LogP contribution in [-0.2, 0) is 20.1 Å². The minimum Gasteiger partial charge on any atom is -0.501 e. The summed E-state index contributed by atoms with van der Waals surface area (Å²) in [7, 11) is 0. The molecule has 0 unspecified atom stereocenters. The summed E-state index contributed by atoms with van der Waals surface area (Å²) >= 11 is 0. The second-order valence-corrected chi connectivity index (χ2v) is 8.82. The van der Waals surface area contributed by atoms with Crippen LogP contribution < -0.4 is 0 Å². The van der Waals surface area contributed by atoms with E-state index < -0.39 is 0 Å². The van der Waals surface area contributed by atoms with Crippen LogP contribution in [-0.4, -0.2) is 9.97 Å². The molecule has 6 aromatic rings. The van der Waals surface area contributed by atoms with E-state index in [1.54, 1.807) is 6.20 Å². The number of furan rings is 1. The number of benzene rings is 3. The third-order valence-corrected chi connectivity index (χ3v) is 6.07. The van der Waals surface area contributed by atoms with Gasteiger partial charge in [0.05, 0.1) is 5.58 Å². The molecular weight excluding hydrogens is 621 g/mol. The molecule has 6 rings (SSSR count). The average Bonchev–Trinajstić information content (AvgIpc) is 3.24. The van der Waals surface area contributed by atoms with Gasteiger partial charge in [-0.15, -0.1) is 53.6 Å². The van der Waals surface area contributed by atoms with Crippen LogP contribution in [0.15, 0.2) is 89.6 Å². The SMILES string of the molecule is Cc1[c-]c(-c2cc(C)c(C)cn2)c2oc3ccc(C)cc3c2c1.[Ir].[c-]1ccccc1-c1ccccn1. The molecular formula is C32H26IrN2O-2. The van der Waals surface area contributed by atoms with Crippen molar-refractivity contribution in [1.29, 1.82) is 0 Å². The van der Waals surface area contributed by atoms with Gasteiger partial charge in [-0.2, -0.15) is 0 Å². The fraction of sp³-hybridized carbons (Fsp3) is 0.125. The molecule has 0 spiro atoms. The summed E-state index contributed by atoms with van der Waals surface area (Å²) in [6, 6.07) is 30.8. The molecule has 0 aliphatic heterocycles. The van der Waals surface area contributed by atoms with Crippen LogP contribution in [0.25, 0.3) is 44.5 Å². The Morgan fingerprint density at radius 2 is 1.58 bits per heavy atom. The Labute approximate surface area is 225 Å². The molecule has 0 amide bonds. The van der Waals surface area contributed by atoms with E-state index in [1.807, 2.05) is 54.7 Å². The summed E-state index contributed by atoms with van der Waals surface area (Å²) in [6.45, 7) is 8.35. The van der Waals surface area contributed by atoms with Gasteiger partial charge in [0, 0.05) is 37.9 Å². The third-order valence-electron chi connectivity index (χ3n) is 6.07. The Morgan fingerprint density at radius 1 is 0.750 bits per heavy atom. The number of rotatable bonds is 2. The molecule has 36 heavy (non-hydrogen) atoms. The first-order chi connectivity index (χ1) is 17.0. The van der Waals surface area contributed by atoms with Crippen LogP contribution in [0.3, 0.4) is 0 Å². The summed E-state index contributed by atoms with van der Waals surface area (Å²) < 4.78 is 6.15. The van der Waals surface area contributed by atoms with Crippen molar-refractivity contribution in [2.24, 2.45) is 0 Å². The predicted octanol–water partition coefficient (Wildman–Crippen LogP) is 8.23. The molecule has 0 saturated heterocycles. The van der Waals surface area contributed by atoms with Gasteiger partial charge < -0.3 is 14.4 Å². The van der Waals surface area contributed by atoms with Gasteiger partial charge in [-0.1, -0.05) is 53.3 Å². The molecule has 0 fully saturated rings. The minimum atomic E-state index is 0. The van der Waals surface area contributed by atoms with E-state index in [1.165, 1.54) is 16.7 Å². The minimum absolute atomic E-state index is 0. The van der Waals surface area contributed by atoms with Crippen LogP contribution in [0.2, 0.25) is 0 Å². The van der Waals surface area contributed by atoms with Gasteiger partial charge in [-0.25, -0.2) is 0 Å². The van der Waals surface area contributed by atoms with Crippen molar-refractivity contribution in [3.8, 4) is 22.5 Å². The van der Waals surface area contributed by atoms with Gasteiger partial charge >= 0.3 is 0 Å². The largest absolute Gasteiger partial charge is 0.501 e. The van der Waals surface area contributed by atoms with Crippen molar-refractivity contribution in [3.63, 3.8) is 0 Å². The Hall–Kier alpha value is -3.59. The standard InChI is InChI=1S/C21H18NO.C11H8N.Ir/c1-12-5-6-20-16(7-12)17-8-13(2)9-18(21(17)23-20)19-10-14(3)15(4)11-22-19;1-2-6-10(7-3-1)11-8-4-5-9-12-11;/h5-8,10-11H,1-4H3;1-6,8-9H;/q2*-1;. The van der Waals surface area contributed by atoms with Crippen LogP contribution in [0.1, 0.15) is 22.3 Å². The van der Waals surface area contributed by atoms with Gasteiger partial charge in [0.2, 0.25) is 0 Å². The van der Waals surface area contributed by atoms with E-state index in [9.17, 15) is 0 Å². The Kier molecular flexibility index (Phi) is 7.78. The Bertz CT molecular complexity index is 1590. The zero-order valence-corrected chi connectivity index (χ0v) is 23.1. The topological polar surface area (TPSA) is 38.9 Å². The van der Waals surface area contributed by atoms with Crippen molar-refractivity contribution < 1.29 is 24.5 Å². The molecule has 181 valence electrons. The molecule has 0 aliphatic carbocycles. The number of aryl methyl sites for hydroxylation is 4. The van der Waals surface area contributed by atoms with Crippen LogP contribution >= 0.6 is 0 Å². The first-order valence-electron chi connectivity index (χ1n) is 11.7. The monoisotopic (exact) mass is 647 g/mol. The maximum Gasteiger partial charge on any atom is 0.120 e. The van der Waals surface area contributed by atoms with Crippen molar-refractivity contribution in [1.82, 2.24) is 9.97 Å². The third kappa shape index (κ3) is 5.31. The maximum absolute atomic E-state index is 6.15. The fourth-order valence-electron chi connectivity index (χ4n) is 4.08. The van der Waals surface area contributed by atoms with E-state index in [-0.39, 0.29) is 20.1 Å². The van der Waals surface area contributed by atoms with E-state index in [4.69, 9.17) is 4.42 Å². The molecule has 4 heteroatoms. The van der Waals surface area contributed by atoms with E-state index in [0.717, 1.165) is 50.0 Å². The number of aromatic nitrogens is 2. The van der Waals surface area contributed by atoms with E-state index in [2.05, 4.69) is 74.1 Å². The second-order valence-electron chi connectivity index (χ2n) is 8.82. The van der Waals surface area contributed by atoms with Crippen LogP contribution in [0, 0.1) is 39.8 Å².